The van der Waals surface area contributed by atoms with E-state index in [0.29, 0.717) is 5.69 Å². The highest BCUT2D eigenvalue weighted by Crippen LogP contribution is 2.25. The van der Waals surface area contributed by atoms with Gasteiger partial charge in [-0.3, -0.25) is 0 Å². The first-order valence-corrected chi connectivity index (χ1v) is 7.77. The molecule has 0 atom stereocenters. The van der Waals surface area contributed by atoms with Crippen LogP contribution in [0.4, 0.5) is 0 Å². The van der Waals surface area contributed by atoms with E-state index >= 15 is 0 Å². The summed E-state index contributed by atoms with van der Waals surface area (Å²) in [5.74, 6) is 0.879. The maximum atomic E-state index is 9.31. The molecular formula is C18H21N3O. The van der Waals surface area contributed by atoms with E-state index < -0.39 is 0 Å². The molecule has 4 nitrogen and oxygen atoms in total. The summed E-state index contributed by atoms with van der Waals surface area (Å²) in [7, 11) is 0. The Morgan fingerprint density at radius 1 is 1.14 bits per heavy atom. The molecule has 1 aromatic carbocycles. The summed E-state index contributed by atoms with van der Waals surface area (Å²) in [6.45, 7) is 5.16. The third-order valence-corrected chi connectivity index (χ3v) is 3.84. The summed E-state index contributed by atoms with van der Waals surface area (Å²) in [6.07, 6.45) is 2.24. The Hall–Kier alpha value is -2.20. The molecule has 22 heavy (non-hydrogen) atoms. The average molecular weight is 295 g/mol. The summed E-state index contributed by atoms with van der Waals surface area (Å²) in [5.41, 5.74) is 4.86. The topological polar surface area (TPSA) is 50.9 Å². The summed E-state index contributed by atoms with van der Waals surface area (Å²) in [6, 6.07) is 12.0. The number of pyridine rings is 1. The Morgan fingerprint density at radius 3 is 2.77 bits per heavy atom. The summed E-state index contributed by atoms with van der Waals surface area (Å²) in [5, 5.41) is 9.31. The molecule has 1 N–H and O–H groups in total. The number of fused-ring (bicyclic) bond motifs is 1. The van der Waals surface area contributed by atoms with Crippen LogP contribution in [0.1, 0.15) is 31.0 Å². The number of hydrogen-bond donors (Lipinski definition) is 1. The second-order valence-electron chi connectivity index (χ2n) is 5.61. The van der Waals surface area contributed by atoms with Crippen molar-refractivity contribution in [3.8, 4) is 11.5 Å². The first-order valence-electron chi connectivity index (χ1n) is 7.77. The summed E-state index contributed by atoms with van der Waals surface area (Å²) < 4.78 is 2.25. The molecule has 4 heteroatoms. The number of aliphatic hydroxyl groups is 1. The van der Waals surface area contributed by atoms with Gasteiger partial charge in [0.1, 0.15) is 5.69 Å². The second kappa shape index (κ2) is 6.28. The van der Waals surface area contributed by atoms with Crippen LogP contribution >= 0.6 is 0 Å². The standard InChI is InChI=1S/C18H21N3O/c1-3-4-10-21-17-11-13(2)8-9-15(17)20-18(21)16-7-5-6-14(12-22)19-16/h5-9,11,22H,3-4,10,12H2,1-2H3. The molecule has 2 aromatic heterocycles. The molecule has 3 rings (SSSR count). The molecule has 0 saturated carbocycles. The summed E-state index contributed by atoms with van der Waals surface area (Å²) in [4.78, 5) is 9.29. The number of aliphatic hydroxyl groups excluding tert-OH is 1. The van der Waals surface area contributed by atoms with Gasteiger partial charge in [-0.1, -0.05) is 25.5 Å². The fourth-order valence-corrected chi connectivity index (χ4v) is 2.66. The van der Waals surface area contributed by atoms with Crippen molar-refractivity contribution < 1.29 is 5.11 Å². The molecule has 0 aliphatic heterocycles. The Morgan fingerprint density at radius 2 is 2.00 bits per heavy atom. The van der Waals surface area contributed by atoms with Gasteiger partial charge in [0.25, 0.3) is 0 Å². The van der Waals surface area contributed by atoms with Crippen molar-refractivity contribution in [1.82, 2.24) is 14.5 Å². The molecule has 0 radical (unpaired) electrons. The molecule has 2 heterocycles. The molecule has 0 bridgehead atoms. The monoisotopic (exact) mass is 295 g/mol. The van der Waals surface area contributed by atoms with Gasteiger partial charge in [-0.05, 0) is 43.2 Å². The van der Waals surface area contributed by atoms with Gasteiger partial charge in [-0.15, -0.1) is 0 Å². The van der Waals surface area contributed by atoms with E-state index in [-0.39, 0.29) is 6.61 Å². The van der Waals surface area contributed by atoms with Gasteiger partial charge in [0.15, 0.2) is 5.82 Å². The number of aryl methyl sites for hydroxylation is 2. The lowest BCUT2D eigenvalue weighted by Gasteiger charge is -2.09. The van der Waals surface area contributed by atoms with Crippen molar-refractivity contribution in [2.45, 2.75) is 39.8 Å². The number of benzene rings is 1. The van der Waals surface area contributed by atoms with Crippen LogP contribution in [-0.4, -0.2) is 19.6 Å². The molecule has 0 spiro atoms. The van der Waals surface area contributed by atoms with E-state index in [1.807, 2.05) is 18.2 Å². The van der Waals surface area contributed by atoms with Crippen molar-refractivity contribution in [3.05, 3.63) is 47.7 Å². The minimum atomic E-state index is -0.0534. The number of unbranched alkanes of at least 4 members (excludes halogenated alkanes) is 1. The molecule has 0 aliphatic carbocycles. The van der Waals surface area contributed by atoms with Gasteiger partial charge in [-0.25, -0.2) is 9.97 Å². The van der Waals surface area contributed by atoms with Crippen LogP contribution in [0.25, 0.3) is 22.6 Å². The minimum absolute atomic E-state index is 0.0534. The van der Waals surface area contributed by atoms with Gasteiger partial charge in [-0.2, -0.15) is 0 Å². The lowest BCUT2D eigenvalue weighted by atomic mass is 10.2. The fraction of sp³-hybridized carbons (Fsp3) is 0.333. The number of nitrogens with zero attached hydrogens (tertiary/aromatic N) is 3. The quantitative estimate of drug-likeness (QED) is 0.781. The van der Waals surface area contributed by atoms with E-state index in [2.05, 4.69) is 41.6 Å². The summed E-state index contributed by atoms with van der Waals surface area (Å²) >= 11 is 0. The highest BCUT2D eigenvalue weighted by Gasteiger charge is 2.13. The van der Waals surface area contributed by atoms with Gasteiger partial charge in [0.05, 0.1) is 23.3 Å². The zero-order chi connectivity index (χ0) is 15.5. The van der Waals surface area contributed by atoms with E-state index in [1.165, 1.54) is 5.56 Å². The van der Waals surface area contributed by atoms with Crippen molar-refractivity contribution in [2.75, 3.05) is 0 Å². The van der Waals surface area contributed by atoms with Crippen molar-refractivity contribution in [2.24, 2.45) is 0 Å². The van der Waals surface area contributed by atoms with Crippen LogP contribution in [-0.2, 0) is 13.2 Å². The first-order chi connectivity index (χ1) is 10.7. The van der Waals surface area contributed by atoms with Crippen molar-refractivity contribution in [1.29, 1.82) is 0 Å². The first kappa shape index (κ1) is 14.7. The van der Waals surface area contributed by atoms with E-state index in [1.54, 1.807) is 0 Å². The average Bonchev–Trinajstić information content (AvgIpc) is 2.90. The van der Waals surface area contributed by atoms with E-state index in [0.717, 1.165) is 41.9 Å². The highest BCUT2D eigenvalue weighted by atomic mass is 16.3. The van der Waals surface area contributed by atoms with Crippen LogP contribution in [0.3, 0.4) is 0 Å². The maximum Gasteiger partial charge on any atom is 0.159 e. The Balaban J connectivity index is 2.18. The third kappa shape index (κ3) is 2.74. The van der Waals surface area contributed by atoms with Crippen LogP contribution in [0.5, 0.6) is 0 Å². The van der Waals surface area contributed by atoms with Gasteiger partial charge >= 0.3 is 0 Å². The number of hydrogen-bond acceptors (Lipinski definition) is 3. The van der Waals surface area contributed by atoms with E-state index in [4.69, 9.17) is 4.98 Å². The predicted octanol–water partition coefficient (Wildman–Crippen LogP) is 3.70. The van der Waals surface area contributed by atoms with Gasteiger partial charge in [0, 0.05) is 6.54 Å². The van der Waals surface area contributed by atoms with Gasteiger partial charge < -0.3 is 9.67 Å². The molecule has 0 unspecified atom stereocenters. The SMILES string of the molecule is CCCCn1c(-c2cccc(CO)n2)nc2ccc(C)cc21. The zero-order valence-electron chi connectivity index (χ0n) is 13.1. The molecule has 0 saturated heterocycles. The zero-order valence-corrected chi connectivity index (χ0v) is 13.1. The van der Waals surface area contributed by atoms with Crippen LogP contribution < -0.4 is 0 Å². The van der Waals surface area contributed by atoms with Crippen molar-refractivity contribution in [3.63, 3.8) is 0 Å². The third-order valence-electron chi connectivity index (χ3n) is 3.84. The van der Waals surface area contributed by atoms with Crippen LogP contribution in [0.2, 0.25) is 0 Å². The highest BCUT2D eigenvalue weighted by molar-refractivity contribution is 5.80. The second-order valence-corrected chi connectivity index (χ2v) is 5.61. The maximum absolute atomic E-state index is 9.31. The minimum Gasteiger partial charge on any atom is -0.390 e. The number of imidazole rings is 1. The molecule has 0 aliphatic rings. The largest absolute Gasteiger partial charge is 0.390 e. The van der Waals surface area contributed by atoms with E-state index in [9.17, 15) is 5.11 Å². The Kier molecular flexibility index (Phi) is 4.20. The Labute approximate surface area is 130 Å². The predicted molar refractivity (Wildman–Crippen MR) is 88.5 cm³/mol. The molecule has 0 amide bonds. The lowest BCUT2D eigenvalue weighted by Crippen LogP contribution is -2.02. The normalized spacial score (nSPS) is 11.2. The lowest BCUT2D eigenvalue weighted by molar-refractivity contribution is 0.277. The van der Waals surface area contributed by atoms with Gasteiger partial charge in [0.2, 0.25) is 0 Å². The Bertz CT molecular complexity index is 792. The van der Waals surface area contributed by atoms with Crippen LogP contribution in [0.15, 0.2) is 36.4 Å². The van der Waals surface area contributed by atoms with Crippen LogP contribution in [0, 0.1) is 6.92 Å². The fourth-order valence-electron chi connectivity index (χ4n) is 2.66. The number of rotatable bonds is 5. The smallest absolute Gasteiger partial charge is 0.159 e. The molecular weight excluding hydrogens is 274 g/mol. The molecule has 3 aromatic rings. The van der Waals surface area contributed by atoms with Crippen molar-refractivity contribution >= 4 is 11.0 Å². The number of aromatic nitrogens is 3. The molecule has 0 fully saturated rings. The molecule has 114 valence electrons.